The Morgan fingerprint density at radius 1 is 0.769 bits per heavy atom. The van der Waals surface area contributed by atoms with E-state index in [0.29, 0.717) is 5.92 Å². The lowest BCUT2D eigenvalue weighted by Gasteiger charge is -2.60. The molecule has 0 spiro atoms. The highest BCUT2D eigenvalue weighted by Gasteiger charge is 2.57. The monoisotopic (exact) mass is 362 g/mol. The van der Waals surface area contributed by atoms with Crippen LogP contribution in [0.3, 0.4) is 0 Å². The van der Waals surface area contributed by atoms with E-state index >= 15 is 0 Å². The molecule has 0 aromatic heterocycles. The molecule has 0 radical (unpaired) electrons. The Kier molecular flexibility index (Phi) is 7.91. The van der Waals surface area contributed by atoms with Gasteiger partial charge in [0.25, 0.3) is 0 Å². The van der Waals surface area contributed by atoms with Gasteiger partial charge in [-0.05, 0) is 61.7 Å². The van der Waals surface area contributed by atoms with E-state index in [1.54, 1.807) is 0 Å². The summed E-state index contributed by atoms with van der Waals surface area (Å²) in [4.78, 5) is 0. The van der Waals surface area contributed by atoms with Gasteiger partial charge in [0.2, 0.25) is 0 Å². The third-order valence-corrected chi connectivity index (χ3v) is 8.23. The number of rotatable bonds is 13. The van der Waals surface area contributed by atoms with Gasteiger partial charge < -0.3 is 5.11 Å². The molecule has 4 aliphatic rings. The van der Waals surface area contributed by atoms with E-state index in [1.165, 1.54) is 96.3 Å². The molecule has 4 saturated carbocycles. The molecule has 0 aromatic carbocycles. The van der Waals surface area contributed by atoms with Crippen LogP contribution >= 0.6 is 0 Å². The third-order valence-electron chi connectivity index (χ3n) is 8.23. The molecule has 0 heterocycles. The third kappa shape index (κ3) is 5.27. The Morgan fingerprint density at radius 3 is 1.77 bits per heavy atom. The average molecular weight is 363 g/mol. The lowest BCUT2D eigenvalue weighted by Crippen LogP contribution is -2.58. The fraction of sp³-hybridized carbons (Fsp3) is 1.00. The van der Waals surface area contributed by atoms with Crippen LogP contribution in [-0.2, 0) is 0 Å². The van der Waals surface area contributed by atoms with Crippen molar-refractivity contribution < 1.29 is 5.11 Å². The Bertz CT molecular complexity index is 389. The minimum absolute atomic E-state index is 0.272. The van der Waals surface area contributed by atoms with Crippen molar-refractivity contribution in [2.24, 2.45) is 29.6 Å². The molecule has 0 saturated heterocycles. The predicted molar refractivity (Wildman–Crippen MR) is 112 cm³/mol. The normalized spacial score (nSPS) is 36.6. The first-order chi connectivity index (χ1) is 12.6. The van der Waals surface area contributed by atoms with Crippen molar-refractivity contribution in [2.75, 3.05) is 0 Å². The highest BCUT2D eigenvalue weighted by molar-refractivity contribution is 5.07. The summed E-state index contributed by atoms with van der Waals surface area (Å²) in [6.07, 6.45) is 23.7. The first-order valence-electron chi connectivity index (χ1n) is 12.3. The second-order valence-electron chi connectivity index (χ2n) is 10.5. The lowest BCUT2D eigenvalue weighted by molar-refractivity contribution is -0.186. The summed E-state index contributed by atoms with van der Waals surface area (Å²) in [7, 11) is 0. The number of aliphatic hydroxyl groups is 1. The maximum Gasteiger partial charge on any atom is 0.0686 e. The van der Waals surface area contributed by atoms with Crippen LogP contribution in [0, 0.1) is 29.6 Å². The van der Waals surface area contributed by atoms with E-state index < -0.39 is 0 Å². The van der Waals surface area contributed by atoms with Crippen molar-refractivity contribution in [3.63, 3.8) is 0 Å². The Labute approximate surface area is 163 Å². The number of hydrogen-bond donors (Lipinski definition) is 1. The maximum atomic E-state index is 11.3. The fourth-order valence-corrected chi connectivity index (χ4v) is 7.34. The van der Waals surface area contributed by atoms with Crippen molar-refractivity contribution in [3.05, 3.63) is 0 Å². The quantitative estimate of drug-likeness (QED) is 0.336. The number of hydrogen-bond acceptors (Lipinski definition) is 1. The van der Waals surface area contributed by atoms with Crippen LogP contribution < -0.4 is 0 Å². The largest absolute Gasteiger partial charge is 0.390 e. The Balaban J connectivity index is 1.24. The summed E-state index contributed by atoms with van der Waals surface area (Å²) in [6.45, 7) is 4.76. The topological polar surface area (TPSA) is 20.2 Å². The molecule has 4 bridgehead atoms. The minimum Gasteiger partial charge on any atom is -0.390 e. The molecular weight excluding hydrogens is 316 g/mol. The zero-order valence-corrected chi connectivity index (χ0v) is 17.9. The van der Waals surface area contributed by atoms with Gasteiger partial charge in [-0.25, -0.2) is 0 Å². The van der Waals surface area contributed by atoms with Crippen LogP contribution in [0.15, 0.2) is 0 Å². The van der Waals surface area contributed by atoms with E-state index in [4.69, 9.17) is 0 Å². The van der Waals surface area contributed by atoms with Crippen molar-refractivity contribution in [1.82, 2.24) is 0 Å². The van der Waals surface area contributed by atoms with E-state index in [1.807, 2.05) is 0 Å². The van der Waals surface area contributed by atoms with Crippen molar-refractivity contribution >= 4 is 0 Å². The molecule has 4 fully saturated rings. The molecule has 4 rings (SSSR count). The summed E-state index contributed by atoms with van der Waals surface area (Å²) < 4.78 is 0. The fourth-order valence-electron chi connectivity index (χ4n) is 7.34. The molecule has 1 N–H and O–H groups in total. The summed E-state index contributed by atoms with van der Waals surface area (Å²) in [5, 5.41) is 11.3. The molecule has 26 heavy (non-hydrogen) atoms. The zero-order chi connectivity index (χ0) is 18.4. The van der Waals surface area contributed by atoms with Gasteiger partial charge in [-0.1, -0.05) is 90.9 Å². The molecule has 0 amide bonds. The molecule has 0 aromatic rings. The maximum absolute atomic E-state index is 11.3. The SMILES string of the molecule is CCCCCCCCCCCCCC(C)C1C2CC3CC(C2)CC1(O)C3. The second kappa shape index (κ2) is 9.94. The van der Waals surface area contributed by atoms with E-state index in [-0.39, 0.29) is 5.60 Å². The molecule has 152 valence electrons. The highest BCUT2D eigenvalue weighted by atomic mass is 16.3. The first-order valence-corrected chi connectivity index (χ1v) is 12.3. The van der Waals surface area contributed by atoms with E-state index in [2.05, 4.69) is 13.8 Å². The second-order valence-corrected chi connectivity index (χ2v) is 10.5. The van der Waals surface area contributed by atoms with Crippen molar-refractivity contribution in [2.45, 2.75) is 129 Å². The van der Waals surface area contributed by atoms with E-state index in [0.717, 1.165) is 36.5 Å². The van der Waals surface area contributed by atoms with Crippen LogP contribution in [0.5, 0.6) is 0 Å². The molecule has 4 atom stereocenters. The smallest absolute Gasteiger partial charge is 0.0686 e. The van der Waals surface area contributed by atoms with Gasteiger partial charge >= 0.3 is 0 Å². The summed E-state index contributed by atoms with van der Waals surface area (Å²) in [5.41, 5.74) is -0.272. The summed E-state index contributed by atoms with van der Waals surface area (Å²) in [6, 6.07) is 0. The van der Waals surface area contributed by atoms with Crippen molar-refractivity contribution in [1.29, 1.82) is 0 Å². The minimum atomic E-state index is -0.272. The lowest BCUT2D eigenvalue weighted by atomic mass is 9.47. The zero-order valence-electron chi connectivity index (χ0n) is 17.9. The molecule has 0 aliphatic heterocycles. The molecule has 1 nitrogen and oxygen atoms in total. The Morgan fingerprint density at radius 2 is 1.27 bits per heavy atom. The van der Waals surface area contributed by atoms with Gasteiger partial charge in [0.05, 0.1) is 5.60 Å². The van der Waals surface area contributed by atoms with Crippen LogP contribution in [-0.4, -0.2) is 10.7 Å². The van der Waals surface area contributed by atoms with Gasteiger partial charge in [-0.3, -0.25) is 0 Å². The van der Waals surface area contributed by atoms with Gasteiger partial charge in [0.1, 0.15) is 0 Å². The first kappa shape index (κ1) is 20.7. The van der Waals surface area contributed by atoms with Gasteiger partial charge in [0.15, 0.2) is 0 Å². The van der Waals surface area contributed by atoms with Crippen LogP contribution in [0.4, 0.5) is 0 Å². The molecule has 4 unspecified atom stereocenters. The standard InChI is InChI=1S/C25H46O/c1-3-4-5-6-7-8-9-10-11-12-13-14-20(2)24-23-16-21-15-22(17-23)19-25(24,26)18-21/h20-24,26H,3-19H2,1-2H3. The average Bonchev–Trinajstić information content (AvgIpc) is 2.58. The highest BCUT2D eigenvalue weighted by Crippen LogP contribution is 2.60. The van der Waals surface area contributed by atoms with Gasteiger partial charge in [-0.15, -0.1) is 0 Å². The number of unbranched alkanes of at least 4 members (excludes halogenated alkanes) is 10. The van der Waals surface area contributed by atoms with Crippen LogP contribution in [0.2, 0.25) is 0 Å². The Hall–Kier alpha value is -0.0400. The molecule has 1 heteroatoms. The van der Waals surface area contributed by atoms with Crippen LogP contribution in [0.1, 0.15) is 123 Å². The molecular formula is C25H46O. The summed E-state index contributed by atoms with van der Waals surface area (Å²) in [5.74, 6) is 3.95. The van der Waals surface area contributed by atoms with E-state index in [9.17, 15) is 5.11 Å². The van der Waals surface area contributed by atoms with Crippen LogP contribution in [0.25, 0.3) is 0 Å². The van der Waals surface area contributed by atoms with Gasteiger partial charge in [0, 0.05) is 0 Å². The predicted octanol–water partition coefficient (Wildman–Crippen LogP) is 7.51. The van der Waals surface area contributed by atoms with Crippen molar-refractivity contribution in [3.8, 4) is 0 Å². The molecule has 4 aliphatic carbocycles. The van der Waals surface area contributed by atoms with Gasteiger partial charge in [-0.2, -0.15) is 0 Å². The summed E-state index contributed by atoms with van der Waals surface area (Å²) >= 11 is 0.